The van der Waals surface area contributed by atoms with Crippen LogP contribution in [0.25, 0.3) is 0 Å². The molecular weight excluding hydrogens is 360 g/mol. The van der Waals surface area contributed by atoms with Gasteiger partial charge in [-0.3, -0.25) is 4.79 Å². The molecule has 1 heterocycles. The van der Waals surface area contributed by atoms with Crippen LogP contribution in [0.2, 0.25) is 0 Å². The molecule has 112 valence electrons. The lowest BCUT2D eigenvalue weighted by molar-refractivity contribution is -0.141. The van der Waals surface area contributed by atoms with Crippen molar-refractivity contribution in [2.75, 3.05) is 14.2 Å². The zero-order valence-corrected chi connectivity index (χ0v) is 13.8. The summed E-state index contributed by atoms with van der Waals surface area (Å²) >= 11 is 4.88. The molecule has 2 aromatic rings. The summed E-state index contributed by atoms with van der Waals surface area (Å²) in [6, 6.07) is 5.82. The zero-order chi connectivity index (χ0) is 15.2. The summed E-state index contributed by atoms with van der Waals surface area (Å²) < 4.78 is 12.1. The maximum atomic E-state index is 11.3. The lowest BCUT2D eigenvalue weighted by atomic mass is 10.2. The quantitative estimate of drug-likeness (QED) is 0.565. The number of hydrogen-bond acceptors (Lipinski definition) is 7. The minimum absolute atomic E-state index is 0.00184. The number of thioether (sulfide) groups is 1. The van der Waals surface area contributed by atoms with Crippen LogP contribution in [0.4, 0.5) is 0 Å². The van der Waals surface area contributed by atoms with E-state index in [-0.39, 0.29) is 6.54 Å². The number of esters is 1. The van der Waals surface area contributed by atoms with Crippen molar-refractivity contribution in [1.29, 1.82) is 0 Å². The first-order chi connectivity index (χ1) is 10.1. The number of aromatic nitrogens is 4. The zero-order valence-electron chi connectivity index (χ0n) is 11.4. The summed E-state index contributed by atoms with van der Waals surface area (Å²) in [6.45, 7) is -0.00184. The van der Waals surface area contributed by atoms with E-state index in [1.807, 2.05) is 18.2 Å². The van der Waals surface area contributed by atoms with Gasteiger partial charge in [0.15, 0.2) is 0 Å². The predicted molar refractivity (Wildman–Crippen MR) is 80.1 cm³/mol. The highest BCUT2D eigenvalue weighted by Crippen LogP contribution is 2.28. The van der Waals surface area contributed by atoms with Crippen molar-refractivity contribution in [3.8, 4) is 5.75 Å². The van der Waals surface area contributed by atoms with Crippen LogP contribution in [-0.2, 0) is 21.8 Å². The third-order valence-corrected chi connectivity index (χ3v) is 4.24. The highest BCUT2D eigenvalue weighted by Gasteiger charge is 2.11. The number of benzene rings is 1. The first-order valence-electron chi connectivity index (χ1n) is 5.92. The first kappa shape index (κ1) is 15.8. The van der Waals surface area contributed by atoms with E-state index in [4.69, 9.17) is 4.74 Å². The minimum Gasteiger partial charge on any atom is -0.496 e. The highest BCUT2D eigenvalue weighted by atomic mass is 79.9. The molecule has 2 rings (SSSR count). The Morgan fingerprint density at radius 2 is 2.24 bits per heavy atom. The summed E-state index contributed by atoms with van der Waals surface area (Å²) in [7, 11) is 2.95. The van der Waals surface area contributed by atoms with E-state index in [0.29, 0.717) is 10.9 Å². The molecule has 0 saturated carbocycles. The summed E-state index contributed by atoms with van der Waals surface area (Å²) in [5.74, 6) is 1.06. The lowest BCUT2D eigenvalue weighted by Crippen LogP contribution is -2.13. The molecule has 0 saturated heterocycles. The molecule has 21 heavy (non-hydrogen) atoms. The van der Waals surface area contributed by atoms with E-state index in [2.05, 4.69) is 36.2 Å². The number of methoxy groups -OCH3 is 2. The van der Waals surface area contributed by atoms with E-state index in [1.54, 1.807) is 7.11 Å². The highest BCUT2D eigenvalue weighted by molar-refractivity contribution is 9.10. The van der Waals surface area contributed by atoms with Crippen LogP contribution in [0.3, 0.4) is 0 Å². The normalized spacial score (nSPS) is 10.4. The van der Waals surface area contributed by atoms with E-state index < -0.39 is 5.97 Å². The molecule has 0 unspecified atom stereocenters. The molecule has 0 radical (unpaired) electrons. The Kier molecular flexibility index (Phi) is 5.57. The van der Waals surface area contributed by atoms with E-state index in [9.17, 15) is 4.79 Å². The van der Waals surface area contributed by atoms with Crippen LogP contribution < -0.4 is 4.74 Å². The first-order valence-corrected chi connectivity index (χ1v) is 7.70. The molecule has 0 amide bonds. The van der Waals surface area contributed by atoms with Gasteiger partial charge >= 0.3 is 5.97 Å². The topological polar surface area (TPSA) is 79.1 Å². The largest absolute Gasteiger partial charge is 0.496 e. The molecule has 0 aliphatic carbocycles. The van der Waals surface area contributed by atoms with Crippen molar-refractivity contribution in [3.05, 3.63) is 28.2 Å². The van der Waals surface area contributed by atoms with Crippen molar-refractivity contribution in [2.45, 2.75) is 17.5 Å². The maximum Gasteiger partial charge on any atom is 0.327 e. The predicted octanol–water partition coefficient (Wildman–Crippen LogP) is 1.91. The fourth-order valence-corrected chi connectivity index (χ4v) is 2.94. The number of nitrogens with zero attached hydrogens (tertiary/aromatic N) is 4. The van der Waals surface area contributed by atoms with Crippen molar-refractivity contribution in [2.24, 2.45) is 0 Å². The molecule has 0 atom stereocenters. The smallest absolute Gasteiger partial charge is 0.327 e. The number of halogens is 1. The second-order valence-corrected chi connectivity index (χ2v) is 5.75. The number of hydrogen-bond donors (Lipinski definition) is 0. The van der Waals surface area contributed by atoms with Gasteiger partial charge in [-0.2, -0.15) is 0 Å². The lowest BCUT2D eigenvalue weighted by Gasteiger charge is -2.06. The molecular formula is C12H13BrN4O3S. The second-order valence-electron chi connectivity index (χ2n) is 3.95. The van der Waals surface area contributed by atoms with E-state index in [0.717, 1.165) is 15.8 Å². The van der Waals surface area contributed by atoms with Gasteiger partial charge in [-0.25, -0.2) is 4.68 Å². The van der Waals surface area contributed by atoms with Gasteiger partial charge in [0.05, 0.1) is 18.7 Å². The molecule has 9 heteroatoms. The fourth-order valence-electron chi connectivity index (χ4n) is 1.53. The third-order valence-electron chi connectivity index (χ3n) is 2.59. The van der Waals surface area contributed by atoms with Gasteiger partial charge < -0.3 is 9.47 Å². The van der Waals surface area contributed by atoms with Crippen molar-refractivity contribution >= 4 is 33.7 Å². The van der Waals surface area contributed by atoms with Gasteiger partial charge in [0, 0.05) is 5.75 Å². The average Bonchev–Trinajstić information content (AvgIpc) is 2.92. The summed E-state index contributed by atoms with van der Waals surface area (Å²) in [5.41, 5.74) is 1.08. The van der Waals surface area contributed by atoms with Crippen molar-refractivity contribution in [1.82, 2.24) is 20.2 Å². The van der Waals surface area contributed by atoms with E-state index in [1.165, 1.54) is 23.6 Å². The molecule has 0 aliphatic rings. The van der Waals surface area contributed by atoms with Crippen LogP contribution in [0.15, 0.2) is 27.8 Å². The minimum atomic E-state index is -0.392. The molecule has 0 bridgehead atoms. The number of carbonyl (C=O) groups is 1. The van der Waals surface area contributed by atoms with Gasteiger partial charge in [-0.15, -0.1) is 5.10 Å². The second kappa shape index (κ2) is 7.41. The summed E-state index contributed by atoms with van der Waals surface area (Å²) in [6.07, 6.45) is 0. The van der Waals surface area contributed by atoms with Gasteiger partial charge in [-0.1, -0.05) is 17.8 Å². The molecule has 0 fully saturated rings. The SMILES string of the molecule is COC(=O)Cn1nnnc1SCc1ccc(OC)c(Br)c1. The van der Waals surface area contributed by atoms with Crippen molar-refractivity contribution < 1.29 is 14.3 Å². The standard InChI is InChI=1S/C12H13BrN4O3S/c1-19-10-4-3-8(5-9(10)13)7-21-12-14-15-16-17(12)6-11(18)20-2/h3-5H,6-7H2,1-2H3. The van der Waals surface area contributed by atoms with Crippen LogP contribution in [0, 0.1) is 0 Å². The molecule has 0 aliphatic heterocycles. The average molecular weight is 373 g/mol. The Morgan fingerprint density at radius 1 is 1.43 bits per heavy atom. The van der Waals surface area contributed by atoms with E-state index >= 15 is 0 Å². The Labute approximate surface area is 134 Å². The van der Waals surface area contributed by atoms with Crippen LogP contribution in [-0.4, -0.2) is 40.4 Å². The Bertz CT molecular complexity index is 635. The number of rotatable bonds is 6. The Balaban J connectivity index is 2.02. The van der Waals surface area contributed by atoms with Gasteiger partial charge in [0.25, 0.3) is 0 Å². The molecule has 7 nitrogen and oxygen atoms in total. The van der Waals surface area contributed by atoms with Crippen LogP contribution in [0.5, 0.6) is 5.75 Å². The number of ether oxygens (including phenoxy) is 2. The molecule has 0 spiro atoms. The summed E-state index contributed by atoms with van der Waals surface area (Å²) in [4.78, 5) is 11.3. The summed E-state index contributed by atoms with van der Waals surface area (Å²) in [5, 5.41) is 11.8. The Morgan fingerprint density at radius 3 is 2.90 bits per heavy atom. The van der Waals surface area contributed by atoms with Crippen molar-refractivity contribution in [3.63, 3.8) is 0 Å². The number of carbonyl (C=O) groups excluding carboxylic acids is 1. The maximum absolute atomic E-state index is 11.3. The van der Waals surface area contributed by atoms with Crippen LogP contribution >= 0.6 is 27.7 Å². The monoisotopic (exact) mass is 372 g/mol. The van der Waals surface area contributed by atoms with Gasteiger partial charge in [0.2, 0.25) is 5.16 Å². The number of tetrazole rings is 1. The molecule has 1 aromatic heterocycles. The van der Waals surface area contributed by atoms with Gasteiger partial charge in [-0.05, 0) is 44.1 Å². The molecule has 1 aromatic carbocycles. The van der Waals surface area contributed by atoms with Crippen LogP contribution in [0.1, 0.15) is 5.56 Å². The third kappa shape index (κ3) is 4.18. The molecule has 0 N–H and O–H groups in total. The van der Waals surface area contributed by atoms with Gasteiger partial charge in [0.1, 0.15) is 12.3 Å². The fraction of sp³-hybridized carbons (Fsp3) is 0.333. The Hall–Kier alpha value is -1.61.